The second-order valence-electron chi connectivity index (χ2n) is 5.94. The molecule has 0 atom stereocenters. The van der Waals surface area contributed by atoms with Gasteiger partial charge in [-0.2, -0.15) is 0 Å². The number of ether oxygens (including phenoxy) is 2. The first kappa shape index (κ1) is 16.5. The Morgan fingerprint density at radius 2 is 1.50 bits per heavy atom. The van der Waals surface area contributed by atoms with Crippen molar-refractivity contribution in [1.82, 2.24) is 4.98 Å². The van der Waals surface area contributed by atoms with Crippen LogP contribution in [0.25, 0.3) is 32.9 Å². The van der Waals surface area contributed by atoms with E-state index in [4.69, 9.17) is 9.47 Å². The average molecular weight is 367 g/mol. The van der Waals surface area contributed by atoms with Crippen LogP contribution in [-0.4, -0.2) is 27.6 Å². The lowest BCUT2D eigenvalue weighted by Gasteiger charge is -2.08. The largest absolute Gasteiger partial charge is 0.497 e. The third kappa shape index (κ3) is 2.68. The molecule has 0 saturated heterocycles. The summed E-state index contributed by atoms with van der Waals surface area (Å²) in [5.74, 6) is 1.52. The molecular formula is C20H17NO4S. The number of hydrogen-bond donors (Lipinski definition) is 2. The van der Waals surface area contributed by atoms with Crippen LogP contribution in [0.4, 0.5) is 0 Å². The summed E-state index contributed by atoms with van der Waals surface area (Å²) in [5.41, 5.74) is 3.82. The molecule has 0 bridgehead atoms. The Balaban J connectivity index is 2.01. The predicted octanol–water partition coefficient (Wildman–Crippen LogP) is 3.98. The lowest BCUT2D eigenvalue weighted by molar-refractivity contribution is 0.415. The smallest absolute Gasteiger partial charge is 0.168 e. The number of aromatic amines is 1. The molecule has 4 aromatic rings. The van der Waals surface area contributed by atoms with Crippen LogP contribution in [0.2, 0.25) is 0 Å². The SMILES string of the molecule is COc1ccc2[nH]c3c(-c4ccc([SH](=O)=O)cc4)cc(OC)cc3c2c1. The summed E-state index contributed by atoms with van der Waals surface area (Å²) >= 11 is 0. The quantitative estimate of drug-likeness (QED) is 0.536. The third-order valence-electron chi connectivity index (χ3n) is 4.51. The van der Waals surface area contributed by atoms with E-state index in [-0.39, 0.29) is 0 Å². The van der Waals surface area contributed by atoms with Gasteiger partial charge in [-0.3, -0.25) is 0 Å². The van der Waals surface area contributed by atoms with Gasteiger partial charge in [0.15, 0.2) is 10.7 Å². The Morgan fingerprint density at radius 3 is 2.15 bits per heavy atom. The van der Waals surface area contributed by atoms with Gasteiger partial charge >= 0.3 is 0 Å². The molecule has 5 nitrogen and oxygen atoms in total. The number of hydrogen-bond acceptors (Lipinski definition) is 4. The van der Waals surface area contributed by atoms with Gasteiger partial charge < -0.3 is 14.5 Å². The van der Waals surface area contributed by atoms with E-state index in [1.165, 1.54) is 0 Å². The van der Waals surface area contributed by atoms with Gasteiger partial charge in [-0.1, -0.05) is 12.1 Å². The molecule has 0 amide bonds. The maximum atomic E-state index is 11.1. The minimum Gasteiger partial charge on any atom is -0.497 e. The number of benzene rings is 3. The molecule has 132 valence electrons. The number of H-pyrrole nitrogens is 1. The molecule has 3 aromatic carbocycles. The van der Waals surface area contributed by atoms with Gasteiger partial charge in [0.1, 0.15) is 11.5 Å². The van der Waals surface area contributed by atoms with Crippen LogP contribution in [0.5, 0.6) is 11.5 Å². The van der Waals surface area contributed by atoms with Crippen molar-refractivity contribution >= 4 is 32.5 Å². The van der Waals surface area contributed by atoms with E-state index in [2.05, 4.69) is 4.98 Å². The fourth-order valence-corrected chi connectivity index (χ4v) is 3.58. The van der Waals surface area contributed by atoms with Gasteiger partial charge in [0.25, 0.3) is 0 Å². The first-order chi connectivity index (χ1) is 12.6. The highest BCUT2D eigenvalue weighted by Crippen LogP contribution is 2.38. The van der Waals surface area contributed by atoms with Crippen molar-refractivity contribution in [2.75, 3.05) is 14.2 Å². The monoisotopic (exact) mass is 367 g/mol. The summed E-state index contributed by atoms with van der Waals surface area (Å²) in [6, 6.07) is 16.6. The Kier molecular flexibility index (Phi) is 4.05. The van der Waals surface area contributed by atoms with Crippen molar-refractivity contribution in [2.45, 2.75) is 4.90 Å². The molecule has 26 heavy (non-hydrogen) atoms. The van der Waals surface area contributed by atoms with Crippen LogP contribution in [-0.2, 0) is 10.7 Å². The van der Waals surface area contributed by atoms with Gasteiger partial charge in [-0.15, -0.1) is 0 Å². The van der Waals surface area contributed by atoms with E-state index < -0.39 is 10.7 Å². The molecule has 0 fully saturated rings. The molecule has 0 radical (unpaired) electrons. The lowest BCUT2D eigenvalue weighted by Crippen LogP contribution is -1.87. The molecule has 1 N–H and O–H groups in total. The Labute approximate surface area is 152 Å². The molecule has 1 heterocycles. The van der Waals surface area contributed by atoms with E-state index in [0.717, 1.165) is 44.4 Å². The number of nitrogens with one attached hydrogen (secondary N) is 1. The molecular weight excluding hydrogens is 350 g/mol. The van der Waals surface area contributed by atoms with Gasteiger partial charge in [0.2, 0.25) is 0 Å². The van der Waals surface area contributed by atoms with Crippen molar-refractivity contribution in [1.29, 1.82) is 0 Å². The van der Waals surface area contributed by atoms with Crippen LogP contribution < -0.4 is 9.47 Å². The lowest BCUT2D eigenvalue weighted by atomic mass is 10.0. The number of aromatic nitrogens is 1. The van der Waals surface area contributed by atoms with Crippen LogP contribution in [0.3, 0.4) is 0 Å². The zero-order valence-corrected chi connectivity index (χ0v) is 15.2. The predicted molar refractivity (Wildman–Crippen MR) is 103 cm³/mol. The Hall–Kier alpha value is -2.99. The highest BCUT2D eigenvalue weighted by Gasteiger charge is 2.13. The average Bonchev–Trinajstić information content (AvgIpc) is 3.04. The van der Waals surface area contributed by atoms with Crippen LogP contribution in [0, 0.1) is 0 Å². The summed E-state index contributed by atoms with van der Waals surface area (Å²) in [7, 11) is 0.685. The van der Waals surface area contributed by atoms with Crippen LogP contribution in [0.1, 0.15) is 0 Å². The third-order valence-corrected chi connectivity index (χ3v) is 5.23. The topological polar surface area (TPSA) is 68.4 Å². The first-order valence-electron chi connectivity index (χ1n) is 8.03. The highest BCUT2D eigenvalue weighted by molar-refractivity contribution is 7.72. The maximum Gasteiger partial charge on any atom is 0.168 e. The molecule has 0 aliphatic heterocycles. The normalized spacial score (nSPS) is 11.3. The second-order valence-corrected chi connectivity index (χ2v) is 6.97. The van der Waals surface area contributed by atoms with Crippen molar-refractivity contribution < 1.29 is 17.9 Å². The highest BCUT2D eigenvalue weighted by atomic mass is 32.2. The van der Waals surface area contributed by atoms with E-state index in [0.29, 0.717) is 4.90 Å². The standard InChI is InChI=1S/C20H17NO4S/c1-24-13-5-8-19-17(9-13)18-11-14(25-2)10-16(20(18)21-19)12-3-6-15(7-4-12)26(22)23/h3-11,21,26H,1-2H3. The molecule has 4 rings (SSSR count). The molecule has 6 heteroatoms. The minimum atomic E-state index is -2.59. The molecule has 0 aliphatic carbocycles. The number of thiol groups is 1. The summed E-state index contributed by atoms with van der Waals surface area (Å²) in [6.07, 6.45) is 0. The van der Waals surface area contributed by atoms with Crippen LogP contribution in [0.15, 0.2) is 59.5 Å². The van der Waals surface area contributed by atoms with E-state index in [9.17, 15) is 8.42 Å². The number of methoxy groups -OCH3 is 2. The zero-order valence-electron chi connectivity index (χ0n) is 14.3. The second kappa shape index (κ2) is 6.38. The Bertz CT molecular complexity index is 1180. The van der Waals surface area contributed by atoms with Gasteiger partial charge in [-0.25, -0.2) is 8.42 Å². The van der Waals surface area contributed by atoms with Crippen molar-refractivity contribution in [3.05, 3.63) is 54.6 Å². The molecule has 0 saturated carbocycles. The van der Waals surface area contributed by atoms with Gasteiger partial charge in [0.05, 0.1) is 24.6 Å². The summed E-state index contributed by atoms with van der Waals surface area (Å²) in [5, 5.41) is 2.06. The van der Waals surface area contributed by atoms with Crippen molar-refractivity contribution in [2.24, 2.45) is 0 Å². The minimum absolute atomic E-state index is 0.296. The van der Waals surface area contributed by atoms with E-state index in [1.807, 2.05) is 30.3 Å². The van der Waals surface area contributed by atoms with E-state index >= 15 is 0 Å². The summed E-state index contributed by atoms with van der Waals surface area (Å²) in [6.45, 7) is 0. The fourth-order valence-electron chi connectivity index (χ4n) is 3.19. The summed E-state index contributed by atoms with van der Waals surface area (Å²) < 4.78 is 33.1. The van der Waals surface area contributed by atoms with Crippen molar-refractivity contribution in [3.63, 3.8) is 0 Å². The fraction of sp³-hybridized carbons (Fsp3) is 0.100. The Morgan fingerprint density at radius 1 is 0.808 bits per heavy atom. The summed E-state index contributed by atoms with van der Waals surface area (Å²) in [4.78, 5) is 3.75. The molecule has 1 aromatic heterocycles. The van der Waals surface area contributed by atoms with Crippen molar-refractivity contribution in [3.8, 4) is 22.6 Å². The van der Waals surface area contributed by atoms with E-state index in [1.54, 1.807) is 38.5 Å². The van der Waals surface area contributed by atoms with Crippen LogP contribution >= 0.6 is 0 Å². The molecule has 0 unspecified atom stereocenters. The molecule has 0 spiro atoms. The maximum absolute atomic E-state index is 11.1. The number of rotatable bonds is 4. The van der Waals surface area contributed by atoms with Gasteiger partial charge in [0, 0.05) is 21.9 Å². The molecule has 0 aliphatic rings. The number of fused-ring (bicyclic) bond motifs is 3. The van der Waals surface area contributed by atoms with Gasteiger partial charge in [-0.05, 0) is 48.0 Å². The first-order valence-corrected chi connectivity index (χ1v) is 9.21. The zero-order chi connectivity index (χ0) is 18.3.